The number of benzene rings is 2. The van der Waals surface area contributed by atoms with Crippen LogP contribution in [0.5, 0.6) is 5.75 Å². The average molecular weight is 414 g/mol. The second kappa shape index (κ2) is 9.03. The summed E-state index contributed by atoms with van der Waals surface area (Å²) in [5, 5.41) is 9.24. The summed E-state index contributed by atoms with van der Waals surface area (Å²) in [5.41, 5.74) is 1.64. The molecule has 0 radical (unpaired) electrons. The van der Waals surface area contributed by atoms with Crippen molar-refractivity contribution in [3.8, 4) is 5.75 Å². The monoisotopic (exact) mass is 413 g/mol. The topological polar surface area (TPSA) is 66.8 Å². The minimum Gasteiger partial charge on any atom is -0.479 e. The van der Waals surface area contributed by atoms with Crippen LogP contribution in [0.3, 0.4) is 0 Å². The molecule has 3 rings (SSSR count). The number of hydrogen-bond donors (Lipinski definition) is 1. The number of amides is 1. The molecule has 1 aliphatic rings. The van der Waals surface area contributed by atoms with Crippen LogP contribution in [-0.2, 0) is 16.1 Å². The van der Waals surface area contributed by atoms with E-state index in [0.29, 0.717) is 33.5 Å². The van der Waals surface area contributed by atoms with Crippen LogP contribution in [-0.4, -0.2) is 32.3 Å². The molecule has 0 saturated carbocycles. The van der Waals surface area contributed by atoms with Gasteiger partial charge in [0.1, 0.15) is 10.1 Å². The van der Waals surface area contributed by atoms with Gasteiger partial charge in [-0.05, 0) is 24.1 Å². The zero-order chi connectivity index (χ0) is 20.1. The summed E-state index contributed by atoms with van der Waals surface area (Å²) < 4.78 is 6.14. The minimum atomic E-state index is -1.02. The maximum absolute atomic E-state index is 12.8. The number of rotatable bonds is 7. The second-order valence-corrected chi connectivity index (χ2v) is 7.82. The Morgan fingerprint density at radius 2 is 1.89 bits per heavy atom. The highest BCUT2D eigenvalue weighted by molar-refractivity contribution is 8.26. The number of carboxylic acids is 1. The molecule has 144 valence electrons. The maximum atomic E-state index is 12.8. The first-order valence-corrected chi connectivity index (χ1v) is 10.00. The molecular weight excluding hydrogens is 394 g/mol. The number of nitrogens with zero attached hydrogens (tertiary/aromatic N) is 1. The highest BCUT2D eigenvalue weighted by atomic mass is 32.2. The summed E-state index contributed by atoms with van der Waals surface area (Å²) in [5.74, 6) is -0.768. The van der Waals surface area contributed by atoms with E-state index in [4.69, 9.17) is 17.0 Å². The van der Waals surface area contributed by atoms with Crippen LogP contribution in [0.1, 0.15) is 24.5 Å². The van der Waals surface area contributed by atoms with Gasteiger partial charge in [-0.3, -0.25) is 9.69 Å². The zero-order valence-corrected chi connectivity index (χ0v) is 16.8. The van der Waals surface area contributed by atoms with Gasteiger partial charge in [-0.2, -0.15) is 0 Å². The molecule has 1 amide bonds. The standard InChI is InChI=1S/C21H19NO4S2/c1-2-16(20(24)25)26-17-11-7-6-10-15(17)12-18-19(23)22(21(27)28-18)13-14-8-4-3-5-9-14/h3-12,16H,2,13H2,1H3,(H,24,25)/b18-12+. The Balaban J connectivity index is 1.83. The van der Waals surface area contributed by atoms with Gasteiger partial charge in [-0.25, -0.2) is 4.79 Å². The Labute approximate surface area is 173 Å². The van der Waals surface area contributed by atoms with Gasteiger partial charge in [0.25, 0.3) is 5.91 Å². The Morgan fingerprint density at radius 1 is 1.21 bits per heavy atom. The molecule has 2 aromatic rings. The second-order valence-electron chi connectivity index (χ2n) is 6.14. The number of carboxylic acid groups (broad SMARTS) is 1. The van der Waals surface area contributed by atoms with Crippen molar-refractivity contribution in [2.75, 3.05) is 0 Å². The van der Waals surface area contributed by atoms with Gasteiger partial charge in [-0.15, -0.1) is 0 Å². The van der Waals surface area contributed by atoms with E-state index in [1.54, 1.807) is 36.1 Å². The molecule has 28 heavy (non-hydrogen) atoms. The molecule has 1 aliphatic heterocycles. The highest BCUT2D eigenvalue weighted by Crippen LogP contribution is 2.35. The fourth-order valence-electron chi connectivity index (χ4n) is 2.71. The van der Waals surface area contributed by atoms with Crippen LogP contribution in [0.25, 0.3) is 6.08 Å². The van der Waals surface area contributed by atoms with Crippen molar-refractivity contribution in [1.82, 2.24) is 4.90 Å². The van der Waals surface area contributed by atoms with E-state index in [-0.39, 0.29) is 5.91 Å². The fourth-order valence-corrected chi connectivity index (χ4v) is 3.96. The van der Waals surface area contributed by atoms with Gasteiger partial charge >= 0.3 is 5.97 Å². The molecule has 1 atom stereocenters. The lowest BCUT2D eigenvalue weighted by atomic mass is 10.1. The Morgan fingerprint density at radius 3 is 2.57 bits per heavy atom. The summed E-state index contributed by atoms with van der Waals surface area (Å²) in [4.78, 5) is 26.2. The number of thioether (sulfide) groups is 1. The summed E-state index contributed by atoms with van der Waals surface area (Å²) in [6.07, 6.45) is 1.10. The normalized spacial score (nSPS) is 16.5. The third-order valence-corrected chi connectivity index (χ3v) is 5.56. The van der Waals surface area contributed by atoms with Crippen LogP contribution >= 0.6 is 24.0 Å². The van der Waals surface area contributed by atoms with Gasteiger partial charge in [0, 0.05) is 5.56 Å². The smallest absolute Gasteiger partial charge is 0.344 e. The molecule has 1 unspecified atom stereocenters. The van der Waals surface area contributed by atoms with E-state index in [0.717, 1.165) is 5.56 Å². The van der Waals surface area contributed by atoms with E-state index >= 15 is 0 Å². The molecular formula is C21H19NO4S2. The number of ether oxygens (including phenoxy) is 1. The van der Waals surface area contributed by atoms with E-state index < -0.39 is 12.1 Å². The van der Waals surface area contributed by atoms with Crippen molar-refractivity contribution in [1.29, 1.82) is 0 Å². The van der Waals surface area contributed by atoms with E-state index in [2.05, 4.69) is 0 Å². The van der Waals surface area contributed by atoms with Crippen LogP contribution in [0, 0.1) is 0 Å². The first-order chi connectivity index (χ1) is 13.5. The molecule has 5 nitrogen and oxygen atoms in total. The fraction of sp³-hybridized carbons (Fsp3) is 0.190. The molecule has 1 saturated heterocycles. The molecule has 0 aromatic heterocycles. The first-order valence-electron chi connectivity index (χ1n) is 8.77. The molecule has 1 fully saturated rings. The number of carbonyl (C=O) groups is 2. The molecule has 0 aliphatic carbocycles. The number of aliphatic carboxylic acids is 1. The number of para-hydroxylation sites is 1. The van der Waals surface area contributed by atoms with Crippen LogP contribution in [0.15, 0.2) is 59.5 Å². The number of carbonyl (C=O) groups excluding carboxylic acids is 1. The van der Waals surface area contributed by atoms with Crippen molar-refractivity contribution < 1.29 is 19.4 Å². The average Bonchev–Trinajstić information content (AvgIpc) is 2.95. The quantitative estimate of drug-likeness (QED) is 0.538. The molecule has 7 heteroatoms. The minimum absolute atomic E-state index is 0.168. The van der Waals surface area contributed by atoms with E-state index in [1.165, 1.54) is 11.8 Å². The zero-order valence-electron chi connectivity index (χ0n) is 15.2. The lowest BCUT2D eigenvalue weighted by Crippen LogP contribution is -2.27. The van der Waals surface area contributed by atoms with Gasteiger partial charge < -0.3 is 9.84 Å². The Kier molecular flexibility index (Phi) is 6.49. The van der Waals surface area contributed by atoms with Crippen molar-refractivity contribution in [3.05, 3.63) is 70.6 Å². The summed E-state index contributed by atoms with van der Waals surface area (Å²) >= 11 is 6.62. The number of thiocarbonyl (C=S) groups is 1. The predicted molar refractivity (Wildman–Crippen MR) is 114 cm³/mol. The van der Waals surface area contributed by atoms with Crippen LogP contribution in [0.2, 0.25) is 0 Å². The SMILES string of the molecule is CCC(Oc1ccccc1/C=C1/SC(=S)N(Cc2ccccc2)C1=O)C(=O)O. The molecule has 1 heterocycles. The first kappa shape index (κ1) is 20.1. The van der Waals surface area contributed by atoms with Crippen molar-refractivity contribution in [2.45, 2.75) is 26.0 Å². The maximum Gasteiger partial charge on any atom is 0.344 e. The summed E-state index contributed by atoms with van der Waals surface area (Å²) in [7, 11) is 0. The third-order valence-electron chi connectivity index (χ3n) is 4.18. The predicted octanol–water partition coefficient (Wildman–Crippen LogP) is 4.33. The van der Waals surface area contributed by atoms with Crippen LogP contribution < -0.4 is 4.74 Å². The van der Waals surface area contributed by atoms with Gasteiger partial charge in [0.15, 0.2) is 6.10 Å². The van der Waals surface area contributed by atoms with Gasteiger partial charge in [-0.1, -0.05) is 79.4 Å². The van der Waals surface area contributed by atoms with Crippen LogP contribution in [0.4, 0.5) is 0 Å². The Hall–Kier alpha value is -2.64. The third kappa shape index (κ3) is 4.61. The molecule has 0 spiro atoms. The van der Waals surface area contributed by atoms with Gasteiger partial charge in [0.05, 0.1) is 11.4 Å². The highest BCUT2D eigenvalue weighted by Gasteiger charge is 2.32. The number of hydrogen-bond acceptors (Lipinski definition) is 5. The lowest BCUT2D eigenvalue weighted by Gasteiger charge is -2.15. The van der Waals surface area contributed by atoms with E-state index in [9.17, 15) is 14.7 Å². The largest absolute Gasteiger partial charge is 0.479 e. The molecule has 1 N–H and O–H groups in total. The summed E-state index contributed by atoms with van der Waals surface area (Å²) in [6.45, 7) is 2.16. The Bertz CT molecular complexity index is 927. The molecule has 0 bridgehead atoms. The summed E-state index contributed by atoms with van der Waals surface area (Å²) in [6, 6.07) is 16.7. The van der Waals surface area contributed by atoms with Gasteiger partial charge in [0.2, 0.25) is 0 Å². The lowest BCUT2D eigenvalue weighted by molar-refractivity contribution is -0.145. The van der Waals surface area contributed by atoms with Crippen molar-refractivity contribution in [2.24, 2.45) is 0 Å². The van der Waals surface area contributed by atoms with E-state index in [1.807, 2.05) is 36.4 Å². The van der Waals surface area contributed by atoms with Crippen molar-refractivity contribution >= 4 is 46.3 Å². The van der Waals surface area contributed by atoms with Crippen molar-refractivity contribution in [3.63, 3.8) is 0 Å². The molecule has 2 aromatic carbocycles.